The van der Waals surface area contributed by atoms with Gasteiger partial charge in [0.15, 0.2) is 5.16 Å². The molecule has 0 amide bonds. The molecule has 0 radical (unpaired) electrons. The van der Waals surface area contributed by atoms with Crippen LogP contribution in [0.25, 0.3) is 11.3 Å². The maximum absolute atomic E-state index is 12.2. The maximum atomic E-state index is 12.2. The number of nitriles is 1. The number of nitrogens with zero attached hydrogens (tertiary/aromatic N) is 2. The number of rotatable bonds is 5. The number of benzene rings is 2. The molecule has 0 bridgehead atoms. The van der Waals surface area contributed by atoms with E-state index in [2.05, 4.69) is 41.8 Å². The Labute approximate surface area is 177 Å². The molecule has 1 N–H and O–H groups in total. The van der Waals surface area contributed by atoms with Gasteiger partial charge in [0.2, 0.25) is 0 Å². The molecule has 0 aliphatic rings. The molecule has 136 valence electrons. The second-order valence-electron chi connectivity index (χ2n) is 5.47. The minimum atomic E-state index is -0.467. The number of halogens is 2. The lowest BCUT2D eigenvalue weighted by atomic mass is 10.1. The van der Waals surface area contributed by atoms with Crippen LogP contribution in [0.3, 0.4) is 0 Å². The van der Waals surface area contributed by atoms with Crippen LogP contribution in [0.5, 0.6) is 5.75 Å². The van der Waals surface area contributed by atoms with Gasteiger partial charge in [-0.15, -0.1) is 0 Å². The van der Waals surface area contributed by atoms with Crippen molar-refractivity contribution in [3.8, 4) is 23.1 Å². The van der Waals surface area contributed by atoms with E-state index in [1.807, 2.05) is 36.4 Å². The number of nitrogens with one attached hydrogen (secondary N) is 1. The number of aromatic nitrogens is 2. The number of hydrogen-bond acceptors (Lipinski definition) is 5. The smallest absolute Gasteiger partial charge is 0.270 e. The molecule has 0 atom stereocenters. The fraction of sp³-hybridized carbons (Fsp3) is 0.105. The average molecular weight is 507 g/mol. The predicted octanol–water partition coefficient (Wildman–Crippen LogP) is 5.13. The van der Waals surface area contributed by atoms with Gasteiger partial charge in [-0.1, -0.05) is 55.8 Å². The Morgan fingerprint density at radius 2 is 1.89 bits per heavy atom. The van der Waals surface area contributed by atoms with Gasteiger partial charge in [-0.05, 0) is 42.2 Å². The van der Waals surface area contributed by atoms with Gasteiger partial charge < -0.3 is 9.72 Å². The van der Waals surface area contributed by atoms with Crippen LogP contribution in [0, 0.1) is 11.3 Å². The zero-order valence-corrected chi connectivity index (χ0v) is 18.1. The second kappa shape index (κ2) is 8.74. The molecular formula is C19H13Br2N3O2S. The van der Waals surface area contributed by atoms with Crippen molar-refractivity contribution in [1.29, 1.82) is 5.26 Å². The fourth-order valence-corrected chi connectivity index (χ4v) is 3.41. The van der Waals surface area contributed by atoms with Gasteiger partial charge in [-0.25, -0.2) is 4.98 Å². The summed E-state index contributed by atoms with van der Waals surface area (Å²) >= 11 is 8.14. The lowest BCUT2D eigenvalue weighted by Crippen LogP contribution is -2.15. The molecule has 1 heterocycles. The van der Waals surface area contributed by atoms with Crippen molar-refractivity contribution in [2.45, 2.75) is 11.8 Å². The Bertz CT molecular complexity index is 1080. The van der Waals surface area contributed by atoms with Crippen LogP contribution in [-0.2, 0) is 6.61 Å². The highest BCUT2D eigenvalue weighted by Crippen LogP contribution is 2.34. The summed E-state index contributed by atoms with van der Waals surface area (Å²) in [5, 5.41) is 9.88. The summed E-state index contributed by atoms with van der Waals surface area (Å²) in [5.41, 5.74) is 1.37. The summed E-state index contributed by atoms with van der Waals surface area (Å²) in [7, 11) is 0. The van der Waals surface area contributed by atoms with E-state index in [0.717, 1.165) is 14.5 Å². The number of ether oxygens (including phenoxy) is 1. The minimum absolute atomic E-state index is 0.0422. The first-order valence-corrected chi connectivity index (χ1v) is 10.6. The van der Waals surface area contributed by atoms with Gasteiger partial charge in [0.25, 0.3) is 5.56 Å². The van der Waals surface area contributed by atoms with Crippen molar-refractivity contribution in [1.82, 2.24) is 9.97 Å². The molecule has 0 unspecified atom stereocenters. The van der Waals surface area contributed by atoms with Gasteiger partial charge in [0.05, 0.1) is 0 Å². The van der Waals surface area contributed by atoms with Gasteiger partial charge >= 0.3 is 0 Å². The number of H-pyrrole nitrogens is 1. The van der Waals surface area contributed by atoms with Crippen LogP contribution in [-0.4, -0.2) is 16.2 Å². The lowest BCUT2D eigenvalue weighted by molar-refractivity contribution is 0.307. The molecule has 0 aliphatic carbocycles. The Balaban J connectivity index is 2.05. The quantitative estimate of drug-likeness (QED) is 0.383. The van der Waals surface area contributed by atoms with E-state index in [1.54, 1.807) is 18.4 Å². The van der Waals surface area contributed by atoms with Crippen LogP contribution in [0.15, 0.2) is 61.4 Å². The van der Waals surface area contributed by atoms with Crippen molar-refractivity contribution >= 4 is 43.6 Å². The molecule has 5 nitrogen and oxygen atoms in total. The largest absolute Gasteiger partial charge is 0.488 e. The third-order valence-corrected chi connectivity index (χ3v) is 5.31. The molecule has 8 heteroatoms. The number of thioether (sulfide) groups is 1. The zero-order chi connectivity index (χ0) is 19.4. The third-order valence-electron chi connectivity index (χ3n) is 3.71. The Morgan fingerprint density at radius 3 is 2.56 bits per heavy atom. The van der Waals surface area contributed by atoms with Gasteiger partial charge in [-0.3, -0.25) is 4.79 Å². The van der Waals surface area contributed by atoms with Crippen molar-refractivity contribution in [3.05, 3.63) is 72.9 Å². The molecule has 0 fully saturated rings. The van der Waals surface area contributed by atoms with Crippen LogP contribution < -0.4 is 10.3 Å². The second-order valence-corrected chi connectivity index (χ2v) is 8.09. The first kappa shape index (κ1) is 19.7. The van der Waals surface area contributed by atoms with E-state index in [4.69, 9.17) is 4.74 Å². The summed E-state index contributed by atoms with van der Waals surface area (Å²) in [5.74, 6) is 0.544. The fourth-order valence-electron chi connectivity index (χ4n) is 2.40. The molecule has 27 heavy (non-hydrogen) atoms. The zero-order valence-electron chi connectivity index (χ0n) is 14.1. The standard InChI is InChI=1S/C19H13Br2N3O2S/c1-27-19-23-17(15(9-22)18(25)24-19)14-8-13(21)6-7-16(14)26-10-11-2-4-12(20)5-3-11/h2-8H,10H2,1H3,(H,23,24,25). The highest BCUT2D eigenvalue weighted by Gasteiger charge is 2.17. The molecular weight excluding hydrogens is 494 g/mol. The van der Waals surface area contributed by atoms with Crippen LogP contribution >= 0.6 is 43.6 Å². The van der Waals surface area contributed by atoms with E-state index in [0.29, 0.717) is 28.8 Å². The predicted molar refractivity (Wildman–Crippen MR) is 113 cm³/mol. The van der Waals surface area contributed by atoms with Crippen molar-refractivity contribution in [2.75, 3.05) is 6.26 Å². The average Bonchev–Trinajstić information content (AvgIpc) is 2.67. The molecule has 0 saturated carbocycles. The topological polar surface area (TPSA) is 78.8 Å². The molecule has 2 aromatic carbocycles. The first-order valence-electron chi connectivity index (χ1n) is 7.77. The van der Waals surface area contributed by atoms with Crippen LogP contribution in [0.2, 0.25) is 0 Å². The highest BCUT2D eigenvalue weighted by molar-refractivity contribution is 9.10. The SMILES string of the molecule is CSc1nc(-c2cc(Br)ccc2OCc2ccc(Br)cc2)c(C#N)c(=O)[nH]1. The van der Waals surface area contributed by atoms with Crippen LogP contribution in [0.1, 0.15) is 11.1 Å². The van der Waals surface area contributed by atoms with Crippen molar-refractivity contribution in [2.24, 2.45) is 0 Å². The monoisotopic (exact) mass is 505 g/mol. The molecule has 3 aromatic rings. The summed E-state index contributed by atoms with van der Waals surface area (Å²) < 4.78 is 7.77. The summed E-state index contributed by atoms with van der Waals surface area (Å²) in [6.07, 6.45) is 1.81. The molecule has 0 aliphatic heterocycles. The van der Waals surface area contributed by atoms with E-state index in [-0.39, 0.29) is 5.56 Å². The number of aromatic amines is 1. The van der Waals surface area contributed by atoms with E-state index < -0.39 is 5.56 Å². The van der Waals surface area contributed by atoms with Gasteiger partial charge in [0, 0.05) is 14.5 Å². The Morgan fingerprint density at radius 1 is 1.19 bits per heavy atom. The van der Waals surface area contributed by atoms with E-state index >= 15 is 0 Å². The van der Waals surface area contributed by atoms with Crippen molar-refractivity contribution < 1.29 is 4.74 Å². The number of hydrogen-bond donors (Lipinski definition) is 1. The van der Waals surface area contributed by atoms with E-state index in [9.17, 15) is 10.1 Å². The first-order chi connectivity index (χ1) is 13.0. The van der Waals surface area contributed by atoms with Crippen molar-refractivity contribution in [3.63, 3.8) is 0 Å². The summed E-state index contributed by atoms with van der Waals surface area (Å²) in [6, 6.07) is 15.2. The van der Waals surface area contributed by atoms with Gasteiger partial charge in [-0.2, -0.15) is 5.26 Å². The minimum Gasteiger partial charge on any atom is -0.488 e. The van der Waals surface area contributed by atoms with Crippen LogP contribution in [0.4, 0.5) is 0 Å². The molecule has 1 aromatic heterocycles. The Kier molecular flexibility index (Phi) is 6.37. The molecule has 0 saturated heterocycles. The molecule has 3 rings (SSSR count). The van der Waals surface area contributed by atoms with E-state index in [1.165, 1.54) is 11.8 Å². The Hall–Kier alpha value is -2.08. The third kappa shape index (κ3) is 4.61. The van der Waals surface area contributed by atoms with Gasteiger partial charge in [0.1, 0.15) is 29.7 Å². The normalized spacial score (nSPS) is 10.4. The maximum Gasteiger partial charge on any atom is 0.270 e. The summed E-state index contributed by atoms with van der Waals surface area (Å²) in [6.45, 7) is 0.350. The molecule has 0 spiro atoms. The highest BCUT2D eigenvalue weighted by atomic mass is 79.9. The lowest BCUT2D eigenvalue weighted by Gasteiger charge is -2.13. The summed E-state index contributed by atoms with van der Waals surface area (Å²) in [4.78, 5) is 19.3.